The van der Waals surface area contributed by atoms with Crippen LogP contribution in [0.4, 0.5) is 0 Å². The second-order valence-electron chi connectivity index (χ2n) is 5.88. The second-order valence-corrected chi connectivity index (χ2v) is 6.91. The van der Waals surface area contributed by atoms with Gasteiger partial charge in [-0.15, -0.1) is 0 Å². The van der Waals surface area contributed by atoms with Gasteiger partial charge in [-0.05, 0) is 53.7 Å². The fourth-order valence-corrected chi connectivity index (χ4v) is 3.50. The molecule has 1 aliphatic heterocycles. The molecule has 134 valence electrons. The van der Waals surface area contributed by atoms with Crippen LogP contribution in [0.15, 0.2) is 76.8 Å². The number of pyridine rings is 1. The highest BCUT2D eigenvalue weighted by Gasteiger charge is 2.21. The number of carbonyl (C=O) groups is 1. The van der Waals surface area contributed by atoms with E-state index in [2.05, 4.69) is 15.3 Å². The zero-order valence-electron chi connectivity index (χ0n) is 14.5. The summed E-state index contributed by atoms with van der Waals surface area (Å²) in [5.41, 5.74) is 1.89. The number of ether oxygens (including phenoxy) is 1. The number of carbonyl (C=O) groups excluding carboxylic acids is 1. The topological polar surface area (TPSA) is 63.6 Å². The number of nitrogens with one attached hydrogen (secondary N) is 1. The number of aromatic nitrogens is 1. The van der Waals surface area contributed by atoms with E-state index in [4.69, 9.17) is 4.74 Å². The smallest absolute Gasteiger partial charge is 0.286 e. The van der Waals surface area contributed by atoms with Gasteiger partial charge in [0.2, 0.25) is 0 Å². The number of benzene rings is 2. The van der Waals surface area contributed by atoms with Crippen molar-refractivity contribution < 1.29 is 9.53 Å². The second kappa shape index (κ2) is 8.05. The van der Waals surface area contributed by atoms with Crippen LogP contribution in [-0.4, -0.2) is 29.2 Å². The molecule has 0 atom stereocenters. The van der Waals surface area contributed by atoms with E-state index in [-0.39, 0.29) is 5.91 Å². The Morgan fingerprint density at radius 2 is 1.96 bits per heavy atom. The summed E-state index contributed by atoms with van der Waals surface area (Å²) in [4.78, 5) is 21.1. The van der Waals surface area contributed by atoms with Gasteiger partial charge in [0.15, 0.2) is 5.17 Å². The van der Waals surface area contributed by atoms with Crippen LogP contribution in [0.2, 0.25) is 0 Å². The Hall–Kier alpha value is -3.12. The molecule has 3 aromatic rings. The molecule has 27 heavy (non-hydrogen) atoms. The molecule has 0 aliphatic carbocycles. The molecule has 6 heteroatoms. The summed E-state index contributed by atoms with van der Waals surface area (Å²) in [6.45, 7) is 1.07. The summed E-state index contributed by atoms with van der Waals surface area (Å²) in [5, 5.41) is 4.79. The highest BCUT2D eigenvalue weighted by Crippen LogP contribution is 2.28. The fourth-order valence-electron chi connectivity index (χ4n) is 2.66. The molecular weight excluding hydrogens is 358 g/mol. The molecule has 1 N–H and O–H groups in total. The monoisotopic (exact) mass is 375 g/mol. The van der Waals surface area contributed by atoms with Gasteiger partial charge >= 0.3 is 0 Å². The first-order chi connectivity index (χ1) is 13.3. The molecule has 2 heterocycles. The third-order valence-corrected chi connectivity index (χ3v) is 4.88. The zero-order chi connectivity index (χ0) is 18.5. The van der Waals surface area contributed by atoms with Crippen molar-refractivity contribution in [2.45, 2.75) is 0 Å². The van der Waals surface area contributed by atoms with Crippen LogP contribution in [0.3, 0.4) is 0 Å². The molecule has 2 aromatic carbocycles. The Labute approximate surface area is 161 Å². The number of aliphatic imine (C=N–C) groups is 1. The van der Waals surface area contributed by atoms with E-state index in [9.17, 15) is 4.79 Å². The summed E-state index contributed by atoms with van der Waals surface area (Å²) in [5.74, 6) is 0.598. The number of thioether (sulfide) groups is 1. The van der Waals surface area contributed by atoms with Crippen molar-refractivity contribution in [1.29, 1.82) is 0 Å². The Morgan fingerprint density at radius 3 is 2.85 bits per heavy atom. The first-order valence-electron chi connectivity index (χ1n) is 8.57. The normalized spacial score (nSPS) is 15.2. The van der Waals surface area contributed by atoms with Gasteiger partial charge in [-0.25, -0.2) is 0 Å². The van der Waals surface area contributed by atoms with Gasteiger partial charge in [0, 0.05) is 11.6 Å². The van der Waals surface area contributed by atoms with E-state index in [0.717, 1.165) is 22.2 Å². The number of rotatable bonds is 5. The summed E-state index contributed by atoms with van der Waals surface area (Å²) in [6.07, 6.45) is 3.63. The summed E-state index contributed by atoms with van der Waals surface area (Å²) in [7, 11) is 0. The van der Waals surface area contributed by atoms with Crippen LogP contribution in [0.5, 0.6) is 5.75 Å². The number of hydrogen-bond acceptors (Lipinski definition) is 5. The van der Waals surface area contributed by atoms with Crippen LogP contribution in [0.1, 0.15) is 5.56 Å². The summed E-state index contributed by atoms with van der Waals surface area (Å²) >= 11 is 1.34. The van der Waals surface area contributed by atoms with Crippen molar-refractivity contribution in [1.82, 2.24) is 10.3 Å². The average molecular weight is 375 g/mol. The lowest BCUT2D eigenvalue weighted by atomic mass is 10.1. The minimum absolute atomic E-state index is 0.224. The molecule has 1 aliphatic rings. The lowest BCUT2D eigenvalue weighted by molar-refractivity contribution is -0.113. The minimum atomic E-state index is -0.224. The Bertz CT molecular complexity index is 1030. The molecule has 0 saturated carbocycles. The van der Waals surface area contributed by atoms with Crippen molar-refractivity contribution in [2.24, 2.45) is 4.99 Å². The highest BCUT2D eigenvalue weighted by molar-refractivity contribution is 8.18. The molecule has 5 nitrogen and oxygen atoms in total. The van der Waals surface area contributed by atoms with Crippen LogP contribution in [0, 0.1) is 0 Å². The van der Waals surface area contributed by atoms with E-state index >= 15 is 0 Å². The lowest BCUT2D eigenvalue weighted by Crippen LogP contribution is -2.24. The highest BCUT2D eigenvalue weighted by atomic mass is 32.2. The van der Waals surface area contributed by atoms with E-state index in [0.29, 0.717) is 23.2 Å². The SMILES string of the molecule is O=C1N=C(NCCOc2ccccc2)S/C1=C\c1ccc2ncccc2c1. The maximum Gasteiger partial charge on any atom is 0.286 e. The molecule has 4 rings (SSSR count). The number of amidine groups is 1. The number of nitrogens with zero attached hydrogens (tertiary/aromatic N) is 2. The predicted octanol–water partition coefficient (Wildman–Crippen LogP) is 3.87. The minimum Gasteiger partial charge on any atom is -0.492 e. The van der Waals surface area contributed by atoms with E-state index in [1.807, 2.05) is 66.7 Å². The first-order valence-corrected chi connectivity index (χ1v) is 9.39. The molecule has 0 unspecified atom stereocenters. The third-order valence-electron chi connectivity index (χ3n) is 3.94. The quantitative estimate of drug-likeness (QED) is 0.542. The largest absolute Gasteiger partial charge is 0.492 e. The molecule has 0 radical (unpaired) electrons. The van der Waals surface area contributed by atoms with Gasteiger partial charge in [-0.1, -0.05) is 30.3 Å². The molecular formula is C21H17N3O2S. The van der Waals surface area contributed by atoms with Crippen LogP contribution in [0.25, 0.3) is 17.0 Å². The number of fused-ring (bicyclic) bond motifs is 1. The van der Waals surface area contributed by atoms with Gasteiger partial charge in [-0.3, -0.25) is 9.78 Å². The molecule has 0 saturated heterocycles. The Balaban J connectivity index is 1.34. The average Bonchev–Trinajstić information content (AvgIpc) is 3.05. The van der Waals surface area contributed by atoms with Gasteiger partial charge in [-0.2, -0.15) is 4.99 Å². The van der Waals surface area contributed by atoms with Crippen LogP contribution < -0.4 is 10.1 Å². The van der Waals surface area contributed by atoms with Gasteiger partial charge in [0.1, 0.15) is 12.4 Å². The van der Waals surface area contributed by atoms with Crippen molar-refractivity contribution in [3.8, 4) is 5.75 Å². The van der Waals surface area contributed by atoms with Crippen molar-refractivity contribution in [3.05, 3.63) is 77.3 Å². The summed E-state index contributed by atoms with van der Waals surface area (Å²) < 4.78 is 5.62. The van der Waals surface area contributed by atoms with Crippen molar-refractivity contribution in [3.63, 3.8) is 0 Å². The van der Waals surface area contributed by atoms with E-state index in [1.54, 1.807) is 6.20 Å². The van der Waals surface area contributed by atoms with E-state index in [1.165, 1.54) is 11.8 Å². The van der Waals surface area contributed by atoms with Gasteiger partial charge < -0.3 is 10.1 Å². The summed E-state index contributed by atoms with van der Waals surface area (Å²) in [6, 6.07) is 19.4. The fraction of sp³-hybridized carbons (Fsp3) is 0.0952. The zero-order valence-corrected chi connectivity index (χ0v) is 15.3. The maximum atomic E-state index is 12.1. The molecule has 0 fully saturated rings. The van der Waals surface area contributed by atoms with E-state index < -0.39 is 0 Å². The Kier molecular flexibility index (Phi) is 5.16. The third kappa shape index (κ3) is 4.35. The van der Waals surface area contributed by atoms with Crippen LogP contribution >= 0.6 is 11.8 Å². The van der Waals surface area contributed by atoms with Gasteiger partial charge in [0.05, 0.1) is 17.0 Å². The lowest BCUT2D eigenvalue weighted by Gasteiger charge is -2.07. The van der Waals surface area contributed by atoms with Crippen molar-refractivity contribution >= 4 is 39.8 Å². The molecule has 0 spiro atoms. The number of para-hydroxylation sites is 1. The number of hydrogen-bond donors (Lipinski definition) is 1. The molecule has 1 amide bonds. The first kappa shape index (κ1) is 17.3. The Morgan fingerprint density at radius 1 is 1.07 bits per heavy atom. The van der Waals surface area contributed by atoms with Gasteiger partial charge in [0.25, 0.3) is 5.91 Å². The van der Waals surface area contributed by atoms with Crippen LogP contribution in [-0.2, 0) is 4.79 Å². The predicted molar refractivity (Wildman–Crippen MR) is 110 cm³/mol. The molecule has 0 bridgehead atoms. The molecule has 1 aromatic heterocycles. The van der Waals surface area contributed by atoms with Crippen molar-refractivity contribution in [2.75, 3.05) is 13.2 Å². The maximum absolute atomic E-state index is 12.1. The number of amides is 1. The standard InChI is InChI=1S/C21H17N3O2S/c25-20-19(14-15-8-9-18-16(13-15)5-4-10-22-18)27-21(24-20)23-11-12-26-17-6-2-1-3-7-17/h1-10,13-14H,11-12H2,(H,23,24,25)/b19-14-.